The fourth-order valence-electron chi connectivity index (χ4n) is 10.4. The molecule has 17 nitrogen and oxygen atoms in total. The Morgan fingerprint density at radius 1 is 0.538 bits per heavy atom. The Morgan fingerprint density at radius 2 is 1.01 bits per heavy atom. The van der Waals surface area contributed by atoms with Gasteiger partial charge in [-0.05, 0) is 68.0 Å². The molecule has 1 aliphatic heterocycles. The lowest BCUT2D eigenvalue weighted by atomic mass is 9.96. The Morgan fingerprint density at radius 3 is 1.50 bits per heavy atom. The SMILES string of the molecule is O=c1[nH]c(Cc2cccc(C(F)(F)F)c2)nc2c1cnn2C1CCCCC1.O=c1[nH]c(Cc2ccccc2F)nc2c1cnn2C1CCCCC1.O=c1[nH]c(Cc2ccccc2OC(F)(F)F)nc2c1cnn2C1CCNC1. The Balaban J connectivity index is 0.000000133. The Labute approximate surface area is 439 Å². The summed E-state index contributed by atoms with van der Waals surface area (Å²) in [7, 11) is 0. The van der Waals surface area contributed by atoms with E-state index in [0.29, 0.717) is 61.9 Å². The number of nitrogens with one attached hydrogen (secondary N) is 4. The van der Waals surface area contributed by atoms with Crippen LogP contribution in [0.15, 0.2) is 106 Å². The minimum atomic E-state index is -4.80. The minimum absolute atomic E-state index is 0.00840. The van der Waals surface area contributed by atoms with E-state index in [9.17, 15) is 45.1 Å². The van der Waals surface area contributed by atoms with Crippen LogP contribution < -0.4 is 26.7 Å². The van der Waals surface area contributed by atoms with Crippen LogP contribution in [0.5, 0.6) is 5.75 Å². The molecule has 3 fully saturated rings. The van der Waals surface area contributed by atoms with E-state index in [2.05, 4.69) is 55.3 Å². The molecule has 78 heavy (non-hydrogen) atoms. The lowest BCUT2D eigenvalue weighted by Crippen LogP contribution is -2.19. The van der Waals surface area contributed by atoms with Gasteiger partial charge in [0.1, 0.15) is 45.2 Å². The number of fused-ring (bicyclic) bond motifs is 3. The first-order valence-electron chi connectivity index (χ1n) is 25.9. The van der Waals surface area contributed by atoms with Crippen molar-refractivity contribution in [3.63, 3.8) is 0 Å². The van der Waals surface area contributed by atoms with E-state index in [0.717, 1.165) is 70.2 Å². The van der Waals surface area contributed by atoms with E-state index >= 15 is 0 Å². The molecule has 3 aromatic carbocycles. The highest BCUT2D eigenvalue weighted by molar-refractivity contribution is 5.74. The number of H-pyrrole nitrogens is 3. The number of benzene rings is 3. The molecule has 0 radical (unpaired) electrons. The average Bonchev–Trinajstić information content (AvgIpc) is 4.31. The van der Waals surface area contributed by atoms with Crippen LogP contribution >= 0.6 is 0 Å². The smallest absolute Gasteiger partial charge is 0.405 e. The normalized spacial score (nSPS) is 16.5. The van der Waals surface area contributed by atoms with Crippen LogP contribution in [0.2, 0.25) is 0 Å². The summed E-state index contributed by atoms with van der Waals surface area (Å²) in [5.74, 6) is 0.445. The highest BCUT2D eigenvalue weighted by atomic mass is 19.4. The van der Waals surface area contributed by atoms with Gasteiger partial charge in [0, 0.05) is 31.4 Å². The van der Waals surface area contributed by atoms with Crippen molar-refractivity contribution in [2.45, 2.75) is 121 Å². The lowest BCUT2D eigenvalue weighted by molar-refractivity contribution is -0.274. The van der Waals surface area contributed by atoms with Gasteiger partial charge in [0.05, 0.1) is 42.3 Å². The van der Waals surface area contributed by atoms with Crippen molar-refractivity contribution in [3.8, 4) is 5.75 Å². The van der Waals surface area contributed by atoms with Gasteiger partial charge in [0.25, 0.3) is 16.7 Å². The summed E-state index contributed by atoms with van der Waals surface area (Å²) in [4.78, 5) is 58.7. The lowest BCUT2D eigenvalue weighted by Gasteiger charge is -2.22. The van der Waals surface area contributed by atoms with E-state index in [-0.39, 0.29) is 71.0 Å². The summed E-state index contributed by atoms with van der Waals surface area (Å²) in [5, 5.41) is 17.5. The molecular formula is C54H54F7N13O4. The Hall–Kier alpha value is -8.02. The average molecular weight is 1080 g/mol. The van der Waals surface area contributed by atoms with Crippen LogP contribution in [0.3, 0.4) is 0 Å². The maximum atomic E-state index is 13.9. The molecule has 0 bridgehead atoms. The van der Waals surface area contributed by atoms with Crippen molar-refractivity contribution in [2.75, 3.05) is 13.1 Å². The number of hydrogen-bond donors (Lipinski definition) is 4. The van der Waals surface area contributed by atoms with Gasteiger partial charge >= 0.3 is 12.5 Å². The van der Waals surface area contributed by atoms with E-state index in [1.807, 2.05) is 4.68 Å². The maximum absolute atomic E-state index is 13.9. The van der Waals surface area contributed by atoms with E-state index < -0.39 is 18.1 Å². The zero-order valence-corrected chi connectivity index (χ0v) is 42.0. The molecule has 12 rings (SSSR count). The largest absolute Gasteiger partial charge is 0.573 e. The van der Waals surface area contributed by atoms with Crippen molar-refractivity contribution < 1.29 is 35.5 Å². The molecular weight excluding hydrogens is 1030 g/mol. The number of para-hydroxylation sites is 1. The van der Waals surface area contributed by atoms with Crippen molar-refractivity contribution in [3.05, 3.63) is 168 Å². The molecule has 1 unspecified atom stereocenters. The molecule has 7 heterocycles. The zero-order chi connectivity index (χ0) is 54.6. The van der Waals surface area contributed by atoms with Crippen molar-refractivity contribution in [2.24, 2.45) is 0 Å². The number of aromatic amines is 3. The maximum Gasteiger partial charge on any atom is 0.573 e. The van der Waals surface area contributed by atoms with Crippen LogP contribution in [-0.2, 0) is 25.4 Å². The molecule has 2 saturated carbocycles. The molecule has 2 aliphatic carbocycles. The number of halogens is 7. The molecule has 6 aromatic heterocycles. The number of ether oxygens (including phenoxy) is 1. The highest BCUT2D eigenvalue weighted by Gasteiger charge is 2.33. The molecule has 1 atom stereocenters. The molecule has 24 heteroatoms. The third kappa shape index (κ3) is 12.4. The highest BCUT2D eigenvalue weighted by Crippen LogP contribution is 2.33. The summed E-state index contributed by atoms with van der Waals surface area (Å²) < 4.78 is 99.9. The van der Waals surface area contributed by atoms with Gasteiger partial charge in [-0.2, -0.15) is 28.5 Å². The molecule has 0 spiro atoms. The van der Waals surface area contributed by atoms with E-state index in [1.54, 1.807) is 45.9 Å². The number of alkyl halides is 6. The first kappa shape index (κ1) is 53.4. The van der Waals surface area contributed by atoms with Crippen molar-refractivity contribution in [1.29, 1.82) is 0 Å². The zero-order valence-electron chi connectivity index (χ0n) is 42.0. The van der Waals surface area contributed by atoms with Gasteiger partial charge < -0.3 is 25.0 Å². The first-order chi connectivity index (χ1) is 37.5. The second kappa shape index (κ2) is 22.9. The van der Waals surface area contributed by atoms with Gasteiger partial charge in [0.2, 0.25) is 0 Å². The van der Waals surface area contributed by atoms with Gasteiger partial charge in [-0.25, -0.2) is 33.4 Å². The summed E-state index contributed by atoms with van der Waals surface area (Å²) >= 11 is 0. The molecule has 0 amide bonds. The third-order valence-electron chi connectivity index (χ3n) is 14.3. The minimum Gasteiger partial charge on any atom is -0.405 e. The molecule has 9 aromatic rings. The van der Waals surface area contributed by atoms with Crippen LogP contribution in [-0.4, -0.2) is 78.7 Å². The van der Waals surface area contributed by atoms with Crippen LogP contribution in [0, 0.1) is 5.82 Å². The van der Waals surface area contributed by atoms with Gasteiger partial charge in [0.15, 0.2) is 16.9 Å². The number of rotatable bonds is 10. The van der Waals surface area contributed by atoms with Crippen molar-refractivity contribution >= 4 is 33.1 Å². The summed E-state index contributed by atoms with van der Waals surface area (Å²) in [5.41, 5.74) is 1.15. The fourth-order valence-corrected chi connectivity index (χ4v) is 10.4. The quantitative estimate of drug-likeness (QED) is 0.0947. The second-order valence-corrected chi connectivity index (χ2v) is 19.7. The molecule has 408 valence electrons. The van der Waals surface area contributed by atoms with E-state index in [4.69, 9.17) is 0 Å². The van der Waals surface area contributed by atoms with Crippen LogP contribution in [0.1, 0.15) is 128 Å². The van der Waals surface area contributed by atoms with Crippen LogP contribution in [0.4, 0.5) is 30.7 Å². The number of aromatic nitrogens is 12. The first-order valence-corrected chi connectivity index (χ1v) is 25.9. The van der Waals surface area contributed by atoms with Gasteiger partial charge in [-0.3, -0.25) is 14.4 Å². The van der Waals surface area contributed by atoms with Gasteiger partial charge in [-0.15, -0.1) is 13.2 Å². The predicted octanol–water partition coefficient (Wildman–Crippen LogP) is 9.73. The standard InChI is InChI=1S/C19H19F3N4O.C18H19FN4O.C17H16F3N5O2/c20-19(21,22)13-6-4-5-12(9-13)10-16-24-17-15(18(27)25-16)11-23-26(17)14-7-2-1-3-8-14;19-15-9-5-4-6-12(15)10-16-21-17-14(18(24)22-16)11-20-23(17)13-7-2-1-3-8-13;18-17(19,20)27-13-4-2-1-3-10(13)7-14-23-15-12(16(26)24-14)9-22-25(15)11-5-6-21-8-11/h4-6,9,11,14H,1-3,7-8,10H2,(H,24,25,27);4-6,9,11,13H,1-3,7-8,10H2,(H,21,22,24);1-4,9,11,21H,5-8H2,(H,23,24,26). The number of hydrogen-bond acceptors (Lipinski definition) is 11. The van der Waals surface area contributed by atoms with E-state index in [1.165, 1.54) is 68.4 Å². The summed E-state index contributed by atoms with van der Waals surface area (Å²) in [6.45, 7) is 1.58. The van der Waals surface area contributed by atoms with Crippen LogP contribution in [0.25, 0.3) is 33.1 Å². The second-order valence-electron chi connectivity index (χ2n) is 19.7. The summed E-state index contributed by atoms with van der Waals surface area (Å²) in [6, 6.07) is 18.0. The molecule has 3 aliphatic rings. The van der Waals surface area contributed by atoms with Crippen molar-refractivity contribution in [1.82, 2.24) is 64.6 Å². The predicted molar refractivity (Wildman–Crippen MR) is 275 cm³/mol. The Bertz CT molecular complexity index is 3730. The molecule has 1 saturated heterocycles. The summed E-state index contributed by atoms with van der Waals surface area (Å²) in [6.07, 6.45) is 7.75. The monoisotopic (exact) mass is 1080 g/mol. The van der Waals surface area contributed by atoms with Gasteiger partial charge in [-0.1, -0.05) is 93.1 Å². The Kier molecular flexibility index (Phi) is 15.7. The number of nitrogens with zero attached hydrogens (tertiary/aromatic N) is 9. The molecule has 4 N–H and O–H groups in total. The fraction of sp³-hybridized carbons (Fsp3) is 0.389. The third-order valence-corrected chi connectivity index (χ3v) is 14.3. The topological polar surface area (TPSA) is 212 Å².